The molecule has 4 N–H and O–H groups in total. The second-order valence-corrected chi connectivity index (χ2v) is 8.59. The van der Waals surface area contributed by atoms with Crippen molar-refractivity contribution in [3.8, 4) is 11.3 Å². The molecule has 3 heterocycles. The average molecular weight is 436 g/mol. The van der Waals surface area contributed by atoms with Crippen LogP contribution >= 0.6 is 34.5 Å². The zero-order chi connectivity index (χ0) is 19.8. The summed E-state index contributed by atoms with van der Waals surface area (Å²) in [6.07, 6.45) is 1.99. The molecule has 146 valence electrons. The maximum Gasteiger partial charge on any atom is 0.224 e. The van der Waals surface area contributed by atoms with Gasteiger partial charge in [-0.2, -0.15) is 0 Å². The van der Waals surface area contributed by atoms with Gasteiger partial charge in [0, 0.05) is 18.5 Å². The molecule has 0 bridgehead atoms. The number of anilines is 2. The first kappa shape index (κ1) is 19.4. The summed E-state index contributed by atoms with van der Waals surface area (Å²) in [5.74, 6) is 0.435. The molecule has 1 fully saturated rings. The molecule has 0 spiro atoms. The molecule has 28 heavy (non-hydrogen) atoms. The van der Waals surface area contributed by atoms with Crippen molar-refractivity contribution in [1.82, 2.24) is 15.3 Å². The van der Waals surface area contributed by atoms with Gasteiger partial charge in [0.1, 0.15) is 4.83 Å². The minimum Gasteiger partial charge on any atom is -0.397 e. The number of benzene rings is 1. The first-order chi connectivity index (χ1) is 13.4. The van der Waals surface area contributed by atoms with Crippen molar-refractivity contribution in [3.05, 3.63) is 33.1 Å². The first-order valence-corrected chi connectivity index (χ1v) is 10.5. The Morgan fingerprint density at radius 3 is 2.68 bits per heavy atom. The molecule has 9 heteroatoms. The summed E-state index contributed by atoms with van der Waals surface area (Å²) in [6.45, 7) is 3.42. The van der Waals surface area contributed by atoms with Crippen LogP contribution in [0.15, 0.2) is 18.2 Å². The second-order valence-electron chi connectivity index (χ2n) is 6.77. The van der Waals surface area contributed by atoms with Crippen molar-refractivity contribution in [1.29, 1.82) is 0 Å². The molecule has 0 saturated carbocycles. The quantitative estimate of drug-likeness (QED) is 0.517. The number of hydrogen-bond donors (Lipinski definition) is 3. The van der Waals surface area contributed by atoms with Crippen molar-refractivity contribution in [3.63, 3.8) is 0 Å². The highest BCUT2D eigenvalue weighted by Gasteiger charge is 2.22. The van der Waals surface area contributed by atoms with Gasteiger partial charge in [0.15, 0.2) is 5.78 Å². The molecule has 6 nitrogen and oxygen atoms in total. The van der Waals surface area contributed by atoms with Crippen LogP contribution in [-0.2, 0) is 0 Å². The molecule has 3 aromatic rings. The van der Waals surface area contributed by atoms with Crippen molar-refractivity contribution in [2.24, 2.45) is 0 Å². The van der Waals surface area contributed by atoms with E-state index < -0.39 is 0 Å². The van der Waals surface area contributed by atoms with Crippen molar-refractivity contribution >= 4 is 62.2 Å². The van der Waals surface area contributed by atoms with Crippen LogP contribution in [0.5, 0.6) is 0 Å². The fourth-order valence-corrected chi connectivity index (χ4v) is 4.64. The van der Waals surface area contributed by atoms with Crippen LogP contribution in [0.1, 0.15) is 29.4 Å². The first-order valence-electron chi connectivity index (χ1n) is 8.97. The lowest BCUT2D eigenvalue weighted by Gasteiger charge is -2.23. The number of carbonyl (C=O) groups is 1. The Labute approximate surface area is 176 Å². The Kier molecular flexibility index (Phi) is 5.42. The molecule has 0 atom stereocenters. The fraction of sp³-hybridized carbons (Fsp3) is 0.316. The third kappa shape index (κ3) is 3.67. The third-order valence-electron chi connectivity index (χ3n) is 4.77. The van der Waals surface area contributed by atoms with Crippen molar-refractivity contribution in [2.75, 3.05) is 24.1 Å². The minimum atomic E-state index is -0.0894. The molecule has 1 aromatic carbocycles. The van der Waals surface area contributed by atoms with Gasteiger partial charge in [0.2, 0.25) is 5.95 Å². The third-order valence-corrected chi connectivity index (χ3v) is 6.71. The molecular weight excluding hydrogens is 417 g/mol. The second kappa shape index (κ2) is 7.83. The average Bonchev–Trinajstić information content (AvgIpc) is 3.01. The van der Waals surface area contributed by atoms with Crippen LogP contribution in [0.3, 0.4) is 0 Å². The molecular formula is C19H19Cl2N5OS. The number of nitrogen functional groups attached to an aromatic ring is 1. The Balaban J connectivity index is 1.88. The van der Waals surface area contributed by atoms with Gasteiger partial charge >= 0.3 is 0 Å². The summed E-state index contributed by atoms with van der Waals surface area (Å²) in [5, 5.41) is 8.33. The number of rotatable bonds is 4. The van der Waals surface area contributed by atoms with Crippen LogP contribution in [0.2, 0.25) is 10.0 Å². The van der Waals surface area contributed by atoms with Crippen molar-refractivity contribution < 1.29 is 4.79 Å². The standard InChI is InChI=1S/C19H19Cl2N5OS/c1-9(27)17-15(22)14-16(10-2-3-12(20)13(21)8-10)25-19(26-18(14)28-17)24-11-4-6-23-7-5-11/h2-3,8,11,23H,4-7,22H2,1H3,(H,24,25,26). The smallest absolute Gasteiger partial charge is 0.224 e. The lowest BCUT2D eigenvalue weighted by Crippen LogP contribution is -2.35. The summed E-state index contributed by atoms with van der Waals surface area (Å²) in [7, 11) is 0. The van der Waals surface area contributed by atoms with E-state index in [4.69, 9.17) is 33.9 Å². The molecule has 1 aliphatic rings. The van der Waals surface area contributed by atoms with Gasteiger partial charge in [-0.3, -0.25) is 4.79 Å². The van der Waals surface area contributed by atoms with Gasteiger partial charge in [-0.05, 0) is 38.1 Å². The number of hydrogen-bond acceptors (Lipinski definition) is 7. The number of halogens is 2. The van der Waals surface area contributed by atoms with Crippen LogP contribution < -0.4 is 16.4 Å². The number of Topliss-reactive ketones (excluding diaryl/α,β-unsaturated/α-hetero) is 1. The predicted molar refractivity (Wildman–Crippen MR) is 117 cm³/mol. The van der Waals surface area contributed by atoms with Gasteiger partial charge in [0.05, 0.1) is 31.7 Å². The zero-order valence-electron chi connectivity index (χ0n) is 15.2. The van der Waals surface area contributed by atoms with Gasteiger partial charge < -0.3 is 16.4 Å². The van der Waals surface area contributed by atoms with E-state index in [2.05, 4.69) is 15.6 Å². The molecule has 0 unspecified atom stereocenters. The monoisotopic (exact) mass is 435 g/mol. The molecule has 2 aromatic heterocycles. The largest absolute Gasteiger partial charge is 0.397 e. The number of fused-ring (bicyclic) bond motifs is 1. The summed E-state index contributed by atoms with van der Waals surface area (Å²) in [5.41, 5.74) is 8.12. The maximum absolute atomic E-state index is 12.0. The summed E-state index contributed by atoms with van der Waals surface area (Å²) < 4.78 is 0. The number of ketones is 1. The van der Waals surface area contributed by atoms with Gasteiger partial charge in [-0.15, -0.1) is 11.3 Å². The van der Waals surface area contributed by atoms with E-state index in [9.17, 15) is 4.79 Å². The molecule has 4 rings (SSSR count). The van der Waals surface area contributed by atoms with E-state index in [1.807, 2.05) is 6.07 Å². The van der Waals surface area contributed by atoms with Gasteiger partial charge in [-0.25, -0.2) is 9.97 Å². The highest BCUT2D eigenvalue weighted by Crippen LogP contribution is 2.40. The Bertz CT molecular complexity index is 1060. The Hall–Kier alpha value is -1.93. The molecule has 1 saturated heterocycles. The topological polar surface area (TPSA) is 92.9 Å². The Morgan fingerprint density at radius 2 is 2.00 bits per heavy atom. The zero-order valence-corrected chi connectivity index (χ0v) is 17.5. The molecule has 0 radical (unpaired) electrons. The van der Waals surface area contributed by atoms with Crippen LogP contribution in [0.4, 0.5) is 11.6 Å². The molecule has 1 aliphatic heterocycles. The van der Waals surface area contributed by atoms with Gasteiger partial charge in [-0.1, -0.05) is 29.3 Å². The highest BCUT2D eigenvalue weighted by atomic mass is 35.5. The number of nitrogens with two attached hydrogens (primary N) is 1. The highest BCUT2D eigenvalue weighted by molar-refractivity contribution is 7.21. The maximum atomic E-state index is 12.0. The summed E-state index contributed by atoms with van der Waals surface area (Å²) >= 11 is 13.6. The molecule has 0 amide bonds. The summed E-state index contributed by atoms with van der Waals surface area (Å²) in [6, 6.07) is 5.62. The van der Waals surface area contributed by atoms with E-state index >= 15 is 0 Å². The van der Waals surface area contributed by atoms with E-state index in [1.165, 1.54) is 18.3 Å². The number of nitrogens with one attached hydrogen (secondary N) is 2. The van der Waals surface area contributed by atoms with Crippen LogP contribution in [0.25, 0.3) is 21.5 Å². The SMILES string of the molecule is CC(=O)c1sc2nc(NC3CCNCC3)nc(-c3ccc(Cl)c(Cl)c3)c2c1N. The molecule has 0 aliphatic carbocycles. The number of carbonyl (C=O) groups excluding carboxylic acids is 1. The van der Waals surface area contributed by atoms with Gasteiger partial charge in [0.25, 0.3) is 0 Å². The lowest BCUT2D eigenvalue weighted by atomic mass is 10.1. The lowest BCUT2D eigenvalue weighted by molar-refractivity contribution is 0.102. The van der Waals surface area contributed by atoms with Crippen LogP contribution in [0, 0.1) is 0 Å². The Morgan fingerprint density at radius 1 is 1.25 bits per heavy atom. The fourth-order valence-electron chi connectivity index (χ4n) is 3.35. The van der Waals surface area contributed by atoms with E-state index in [1.54, 1.807) is 12.1 Å². The predicted octanol–water partition coefficient (Wildman–Crippen LogP) is 4.61. The number of thiophene rings is 1. The normalized spacial score (nSPS) is 15.1. The van der Waals surface area contributed by atoms with E-state index in [-0.39, 0.29) is 5.78 Å². The van der Waals surface area contributed by atoms with E-state index in [0.29, 0.717) is 48.5 Å². The number of nitrogens with zero attached hydrogens (tertiary/aromatic N) is 2. The number of piperidine rings is 1. The number of aromatic nitrogens is 2. The van der Waals surface area contributed by atoms with Crippen molar-refractivity contribution in [2.45, 2.75) is 25.8 Å². The minimum absolute atomic E-state index is 0.0894. The summed E-state index contributed by atoms with van der Waals surface area (Å²) in [4.78, 5) is 22.6. The van der Waals surface area contributed by atoms with E-state index in [0.717, 1.165) is 31.5 Å². The van der Waals surface area contributed by atoms with Crippen LogP contribution in [-0.4, -0.2) is 34.9 Å².